The third-order valence-corrected chi connectivity index (χ3v) is 3.60. The first-order valence-corrected chi connectivity index (χ1v) is 6.67. The fourth-order valence-corrected chi connectivity index (χ4v) is 2.28. The average Bonchev–Trinajstić information content (AvgIpc) is 2.77. The minimum Gasteiger partial charge on any atom is -0.394 e. The van der Waals surface area contributed by atoms with Crippen LogP contribution in [0.25, 0.3) is 0 Å². The summed E-state index contributed by atoms with van der Waals surface area (Å²) in [4.78, 5) is 10.2. The molecule has 0 amide bonds. The van der Waals surface area contributed by atoms with Crippen molar-refractivity contribution in [1.82, 2.24) is 0 Å². The Bertz CT molecular complexity index is 553. The summed E-state index contributed by atoms with van der Waals surface area (Å²) < 4.78 is 5.31. The maximum absolute atomic E-state index is 10.8. The monoisotopic (exact) mass is 314 g/mol. The fraction of sp³-hybridized carbons (Fsp3) is 0.538. The molecule has 122 valence electrons. The van der Waals surface area contributed by atoms with Gasteiger partial charge in [0.15, 0.2) is 6.23 Å². The second kappa shape index (κ2) is 6.55. The highest BCUT2D eigenvalue weighted by atomic mass is 16.6. The number of aliphatic hydroxyl groups is 4. The van der Waals surface area contributed by atoms with Crippen LogP contribution in [0.5, 0.6) is 0 Å². The maximum Gasteiger partial charge on any atom is 0.271 e. The van der Waals surface area contributed by atoms with Crippen molar-refractivity contribution in [2.24, 2.45) is 0 Å². The molecule has 22 heavy (non-hydrogen) atoms. The van der Waals surface area contributed by atoms with Gasteiger partial charge in [-0.05, 0) is 12.5 Å². The van der Waals surface area contributed by atoms with Crippen LogP contribution in [0.1, 0.15) is 5.56 Å². The predicted octanol–water partition coefficient (Wildman–Crippen LogP) is -0.885. The Morgan fingerprint density at radius 1 is 1.41 bits per heavy atom. The van der Waals surface area contributed by atoms with E-state index in [0.717, 1.165) is 0 Å². The number of nitrogens with one attached hydrogen (secondary N) is 1. The highest BCUT2D eigenvalue weighted by Crippen LogP contribution is 2.28. The molecule has 5 N–H and O–H groups in total. The number of aliphatic hydroxyl groups excluding tert-OH is 4. The summed E-state index contributed by atoms with van der Waals surface area (Å²) >= 11 is 0. The largest absolute Gasteiger partial charge is 0.394 e. The Morgan fingerprint density at radius 3 is 2.68 bits per heavy atom. The Hall–Kier alpha value is -1.78. The third kappa shape index (κ3) is 3.18. The second-order valence-electron chi connectivity index (χ2n) is 5.15. The fourth-order valence-electron chi connectivity index (χ4n) is 2.28. The van der Waals surface area contributed by atoms with Gasteiger partial charge >= 0.3 is 0 Å². The number of nitro groups is 1. The lowest BCUT2D eigenvalue weighted by atomic mass is 10.1. The summed E-state index contributed by atoms with van der Waals surface area (Å²) in [7, 11) is 0. The van der Waals surface area contributed by atoms with Crippen LogP contribution in [0.2, 0.25) is 0 Å². The first kappa shape index (κ1) is 16.6. The molecule has 0 saturated carbocycles. The van der Waals surface area contributed by atoms with E-state index < -0.39 is 42.2 Å². The smallest absolute Gasteiger partial charge is 0.271 e. The average molecular weight is 314 g/mol. The standard InChI is InChI=1S/C13H18N2O7/c1-6-2-3-7(15(20)21)4-8(6)14-13-11(19)10(18)12(22-13)9(17)5-16/h2-4,9-14,16-19H,5H2,1H3. The molecule has 0 aliphatic carbocycles. The van der Waals surface area contributed by atoms with Crippen LogP contribution < -0.4 is 5.32 Å². The predicted molar refractivity (Wildman–Crippen MR) is 75.2 cm³/mol. The van der Waals surface area contributed by atoms with E-state index in [1.54, 1.807) is 6.92 Å². The molecule has 1 fully saturated rings. The summed E-state index contributed by atoms with van der Waals surface area (Å²) in [5, 5.41) is 51.8. The molecule has 1 saturated heterocycles. The van der Waals surface area contributed by atoms with Crippen molar-refractivity contribution < 1.29 is 30.1 Å². The minimum atomic E-state index is -1.39. The lowest BCUT2D eigenvalue weighted by molar-refractivity contribution is -0.384. The number of hydrogen-bond donors (Lipinski definition) is 5. The van der Waals surface area contributed by atoms with E-state index in [9.17, 15) is 25.4 Å². The van der Waals surface area contributed by atoms with Gasteiger partial charge in [0.05, 0.1) is 11.5 Å². The van der Waals surface area contributed by atoms with Crippen molar-refractivity contribution in [3.8, 4) is 0 Å². The van der Waals surface area contributed by atoms with Crippen LogP contribution >= 0.6 is 0 Å². The van der Waals surface area contributed by atoms with Crippen LogP contribution in [0, 0.1) is 17.0 Å². The molecular formula is C13H18N2O7. The van der Waals surface area contributed by atoms with Crippen molar-refractivity contribution in [2.75, 3.05) is 11.9 Å². The molecule has 9 heteroatoms. The highest BCUT2D eigenvalue weighted by Gasteiger charge is 2.45. The number of nitrogens with zero attached hydrogens (tertiary/aromatic N) is 1. The SMILES string of the molecule is Cc1ccc([N+](=O)[O-])cc1NC1OC(C(O)CO)C(O)C1O. The molecular weight excluding hydrogens is 296 g/mol. The van der Waals surface area contributed by atoms with Crippen LogP contribution in [0.3, 0.4) is 0 Å². The molecule has 1 aromatic rings. The van der Waals surface area contributed by atoms with Gasteiger partial charge in [-0.25, -0.2) is 0 Å². The molecule has 1 heterocycles. The first-order chi connectivity index (χ1) is 10.3. The quantitative estimate of drug-likeness (QED) is 0.348. The number of non-ortho nitro benzene ring substituents is 1. The molecule has 1 aliphatic heterocycles. The van der Waals surface area contributed by atoms with E-state index in [-0.39, 0.29) is 5.69 Å². The molecule has 1 aliphatic rings. The van der Waals surface area contributed by atoms with Crippen molar-refractivity contribution in [3.63, 3.8) is 0 Å². The van der Waals surface area contributed by atoms with E-state index in [1.807, 2.05) is 0 Å². The molecule has 5 atom stereocenters. The second-order valence-corrected chi connectivity index (χ2v) is 5.15. The molecule has 2 rings (SSSR count). The topological polar surface area (TPSA) is 145 Å². The van der Waals surface area contributed by atoms with Gasteiger partial charge in [-0.15, -0.1) is 0 Å². The summed E-state index contributed by atoms with van der Waals surface area (Å²) in [6.45, 7) is 1.08. The number of anilines is 1. The first-order valence-electron chi connectivity index (χ1n) is 6.67. The van der Waals surface area contributed by atoms with Crippen LogP contribution in [-0.2, 0) is 4.74 Å². The van der Waals surface area contributed by atoms with Gasteiger partial charge in [-0.3, -0.25) is 10.1 Å². The van der Waals surface area contributed by atoms with Gasteiger partial charge < -0.3 is 30.5 Å². The van der Waals surface area contributed by atoms with Crippen LogP contribution in [0.4, 0.5) is 11.4 Å². The molecule has 0 radical (unpaired) electrons. The van der Waals surface area contributed by atoms with E-state index in [0.29, 0.717) is 11.3 Å². The van der Waals surface area contributed by atoms with Gasteiger partial charge in [-0.1, -0.05) is 6.07 Å². The van der Waals surface area contributed by atoms with E-state index in [1.165, 1.54) is 18.2 Å². The van der Waals surface area contributed by atoms with E-state index in [2.05, 4.69) is 5.32 Å². The highest BCUT2D eigenvalue weighted by molar-refractivity contribution is 5.57. The molecule has 9 nitrogen and oxygen atoms in total. The summed E-state index contributed by atoms with van der Waals surface area (Å²) in [5.41, 5.74) is 0.916. The van der Waals surface area contributed by atoms with Gasteiger partial charge in [0.1, 0.15) is 24.4 Å². The molecule has 5 unspecified atom stereocenters. The van der Waals surface area contributed by atoms with Crippen molar-refractivity contribution in [1.29, 1.82) is 0 Å². The summed E-state index contributed by atoms with van der Waals surface area (Å²) in [6, 6.07) is 4.17. The van der Waals surface area contributed by atoms with Gasteiger partial charge in [0.2, 0.25) is 0 Å². The van der Waals surface area contributed by atoms with Crippen molar-refractivity contribution in [2.45, 2.75) is 37.6 Å². The van der Waals surface area contributed by atoms with Crippen molar-refractivity contribution in [3.05, 3.63) is 33.9 Å². The van der Waals surface area contributed by atoms with Crippen molar-refractivity contribution >= 4 is 11.4 Å². The van der Waals surface area contributed by atoms with Gasteiger partial charge in [0, 0.05) is 17.8 Å². The minimum absolute atomic E-state index is 0.131. The maximum atomic E-state index is 10.8. The Kier molecular flexibility index (Phi) is 4.94. The molecule has 1 aromatic carbocycles. The Labute approximate surface area is 125 Å². The number of aryl methyl sites for hydroxylation is 1. The number of ether oxygens (including phenoxy) is 1. The Morgan fingerprint density at radius 2 is 2.09 bits per heavy atom. The third-order valence-electron chi connectivity index (χ3n) is 3.60. The lowest BCUT2D eigenvalue weighted by Crippen LogP contribution is -2.40. The zero-order valence-electron chi connectivity index (χ0n) is 11.8. The van der Waals surface area contributed by atoms with Crippen LogP contribution in [0.15, 0.2) is 18.2 Å². The zero-order chi connectivity index (χ0) is 16.4. The number of nitro benzene ring substituents is 1. The molecule has 0 bridgehead atoms. The number of benzene rings is 1. The number of rotatable bonds is 5. The molecule has 0 aromatic heterocycles. The van der Waals surface area contributed by atoms with E-state index >= 15 is 0 Å². The van der Waals surface area contributed by atoms with Gasteiger partial charge in [-0.2, -0.15) is 0 Å². The van der Waals surface area contributed by atoms with E-state index in [4.69, 9.17) is 9.84 Å². The number of hydrogen-bond acceptors (Lipinski definition) is 8. The Balaban J connectivity index is 2.17. The van der Waals surface area contributed by atoms with Crippen LogP contribution in [-0.4, -0.2) is 62.6 Å². The molecule has 0 spiro atoms. The van der Waals surface area contributed by atoms with Gasteiger partial charge in [0.25, 0.3) is 5.69 Å². The normalized spacial score (nSPS) is 29.3. The zero-order valence-corrected chi connectivity index (χ0v) is 11.8. The summed E-state index contributed by atoms with van der Waals surface area (Å²) in [6.07, 6.45) is -6.32. The summed E-state index contributed by atoms with van der Waals surface area (Å²) in [5.74, 6) is 0. The lowest BCUT2D eigenvalue weighted by Gasteiger charge is -2.20.